The summed E-state index contributed by atoms with van der Waals surface area (Å²) in [6, 6.07) is 17.2. The molecule has 0 bridgehead atoms. The Labute approximate surface area is 117 Å². The first-order valence-corrected chi connectivity index (χ1v) is 6.24. The lowest BCUT2D eigenvalue weighted by molar-refractivity contribution is 0.368. The van der Waals surface area contributed by atoms with Gasteiger partial charge >= 0.3 is 0 Å². The number of nitrogens with zero attached hydrogens (tertiary/aromatic N) is 1. The minimum Gasteiger partial charge on any atom is -0.479 e. The normalized spacial score (nSPS) is 9.68. The van der Waals surface area contributed by atoms with Crippen LogP contribution in [0.2, 0.25) is 5.02 Å². The summed E-state index contributed by atoms with van der Waals surface area (Å²) < 4.78 is 5.26. The lowest BCUT2D eigenvalue weighted by Gasteiger charge is -2.09. The van der Waals surface area contributed by atoms with Crippen molar-refractivity contribution in [3.63, 3.8) is 0 Å². The molecule has 19 heavy (non-hydrogen) atoms. The van der Waals surface area contributed by atoms with Crippen molar-refractivity contribution in [2.45, 2.75) is 6.54 Å². The minimum atomic E-state index is 0.0569. The van der Waals surface area contributed by atoms with Gasteiger partial charge in [0.05, 0.1) is 10.7 Å². The maximum absolute atomic E-state index is 8.48. The number of ether oxygens (including phenoxy) is 1. The van der Waals surface area contributed by atoms with Gasteiger partial charge in [0.25, 0.3) is 0 Å². The molecule has 0 aliphatic heterocycles. The van der Waals surface area contributed by atoms with Gasteiger partial charge in [0.15, 0.2) is 6.61 Å². The third-order valence-electron chi connectivity index (χ3n) is 2.56. The number of hydrogen-bond donors (Lipinski definition) is 1. The molecule has 0 saturated carbocycles. The zero-order chi connectivity index (χ0) is 13.5. The largest absolute Gasteiger partial charge is 0.479 e. The monoisotopic (exact) mass is 272 g/mol. The second kappa shape index (κ2) is 6.67. The van der Waals surface area contributed by atoms with Crippen molar-refractivity contribution in [2.24, 2.45) is 0 Å². The molecule has 2 aromatic carbocycles. The van der Waals surface area contributed by atoms with E-state index in [4.69, 9.17) is 21.6 Å². The van der Waals surface area contributed by atoms with E-state index in [1.165, 1.54) is 0 Å². The smallest absolute Gasteiger partial charge is 0.174 e. The highest BCUT2D eigenvalue weighted by Crippen LogP contribution is 2.21. The Balaban J connectivity index is 2.00. The Morgan fingerprint density at radius 2 is 2.00 bits per heavy atom. The molecule has 0 spiro atoms. The summed E-state index contributed by atoms with van der Waals surface area (Å²) in [5.74, 6) is 0.694. The average molecular weight is 273 g/mol. The van der Waals surface area contributed by atoms with Gasteiger partial charge in [0, 0.05) is 6.54 Å². The van der Waals surface area contributed by atoms with Crippen molar-refractivity contribution >= 4 is 17.3 Å². The van der Waals surface area contributed by atoms with Crippen molar-refractivity contribution in [3.05, 3.63) is 59.1 Å². The Kier molecular flexibility index (Phi) is 4.66. The Hall–Kier alpha value is -2.18. The van der Waals surface area contributed by atoms with Crippen molar-refractivity contribution in [3.8, 4) is 11.8 Å². The van der Waals surface area contributed by atoms with Crippen LogP contribution < -0.4 is 10.1 Å². The van der Waals surface area contributed by atoms with E-state index in [0.29, 0.717) is 17.3 Å². The van der Waals surface area contributed by atoms with E-state index in [-0.39, 0.29) is 6.61 Å². The first kappa shape index (κ1) is 13.3. The molecule has 0 aromatic heterocycles. The van der Waals surface area contributed by atoms with Crippen LogP contribution in [0.25, 0.3) is 0 Å². The minimum absolute atomic E-state index is 0.0569. The molecule has 0 unspecified atom stereocenters. The van der Waals surface area contributed by atoms with Gasteiger partial charge in [-0.1, -0.05) is 35.9 Å². The Morgan fingerprint density at radius 3 is 2.79 bits per heavy atom. The van der Waals surface area contributed by atoms with Crippen LogP contribution >= 0.6 is 11.6 Å². The number of nitriles is 1. The second-order valence-corrected chi connectivity index (χ2v) is 4.33. The SMILES string of the molecule is N#CCOc1cccc(CNc2ccccc2Cl)c1. The lowest BCUT2D eigenvalue weighted by atomic mass is 10.2. The summed E-state index contributed by atoms with van der Waals surface area (Å²) in [4.78, 5) is 0. The second-order valence-electron chi connectivity index (χ2n) is 3.93. The molecule has 96 valence electrons. The maximum Gasteiger partial charge on any atom is 0.174 e. The van der Waals surface area contributed by atoms with Crippen LogP contribution in [0.15, 0.2) is 48.5 Å². The molecule has 4 heteroatoms. The molecule has 2 rings (SSSR count). The number of nitrogens with one attached hydrogen (secondary N) is 1. The van der Waals surface area contributed by atoms with E-state index >= 15 is 0 Å². The van der Waals surface area contributed by atoms with Crippen molar-refractivity contribution in [1.29, 1.82) is 5.26 Å². The summed E-state index contributed by atoms with van der Waals surface area (Å²) in [6.45, 7) is 0.703. The third kappa shape index (κ3) is 3.90. The fourth-order valence-corrected chi connectivity index (χ4v) is 1.87. The van der Waals surface area contributed by atoms with Gasteiger partial charge in [-0.25, -0.2) is 0 Å². The van der Waals surface area contributed by atoms with Crippen LogP contribution in [-0.2, 0) is 6.54 Å². The number of anilines is 1. The molecule has 3 nitrogen and oxygen atoms in total. The van der Waals surface area contributed by atoms with Crippen LogP contribution in [0.3, 0.4) is 0 Å². The van der Waals surface area contributed by atoms with Gasteiger partial charge in [-0.15, -0.1) is 0 Å². The fourth-order valence-electron chi connectivity index (χ4n) is 1.66. The van der Waals surface area contributed by atoms with Gasteiger partial charge in [-0.05, 0) is 29.8 Å². The van der Waals surface area contributed by atoms with Gasteiger partial charge in [-0.3, -0.25) is 0 Å². The quantitative estimate of drug-likeness (QED) is 0.899. The van der Waals surface area contributed by atoms with E-state index in [2.05, 4.69) is 5.32 Å². The molecule has 0 heterocycles. The number of rotatable bonds is 5. The van der Waals surface area contributed by atoms with Gasteiger partial charge < -0.3 is 10.1 Å². The first-order valence-electron chi connectivity index (χ1n) is 5.86. The van der Waals surface area contributed by atoms with E-state index in [1.807, 2.05) is 54.6 Å². The highest BCUT2D eigenvalue weighted by Gasteiger charge is 2.00. The average Bonchev–Trinajstić information content (AvgIpc) is 2.45. The molecule has 0 aliphatic rings. The summed E-state index contributed by atoms with van der Waals surface area (Å²) in [6.07, 6.45) is 0. The van der Waals surface area contributed by atoms with Crippen LogP contribution in [-0.4, -0.2) is 6.61 Å². The molecule has 0 atom stereocenters. The highest BCUT2D eigenvalue weighted by atomic mass is 35.5. The summed E-state index contributed by atoms with van der Waals surface area (Å²) in [5, 5.41) is 12.4. The molecule has 0 radical (unpaired) electrons. The molecule has 0 amide bonds. The fraction of sp³-hybridized carbons (Fsp3) is 0.133. The van der Waals surface area contributed by atoms with Crippen molar-refractivity contribution < 1.29 is 4.74 Å². The number of halogens is 1. The molecular formula is C15H13ClN2O. The Morgan fingerprint density at radius 1 is 1.16 bits per heavy atom. The third-order valence-corrected chi connectivity index (χ3v) is 2.89. The summed E-state index contributed by atoms with van der Waals surface area (Å²) in [7, 11) is 0. The standard InChI is InChI=1S/C15H13ClN2O/c16-14-6-1-2-7-15(14)18-11-12-4-3-5-13(10-12)19-9-8-17/h1-7,10,18H,9,11H2. The van der Waals surface area contributed by atoms with Crippen LogP contribution in [0, 0.1) is 11.3 Å². The van der Waals surface area contributed by atoms with E-state index in [1.54, 1.807) is 0 Å². The van der Waals surface area contributed by atoms with Gasteiger partial charge in [-0.2, -0.15) is 5.26 Å². The predicted molar refractivity (Wildman–Crippen MR) is 76.3 cm³/mol. The lowest BCUT2D eigenvalue weighted by Crippen LogP contribution is -2.00. The summed E-state index contributed by atoms with van der Waals surface area (Å²) in [5.41, 5.74) is 1.96. The molecule has 0 fully saturated rings. The van der Waals surface area contributed by atoms with Crippen LogP contribution in [0.1, 0.15) is 5.56 Å². The van der Waals surface area contributed by atoms with Crippen LogP contribution in [0.4, 0.5) is 5.69 Å². The van der Waals surface area contributed by atoms with E-state index < -0.39 is 0 Å². The molecule has 0 saturated heterocycles. The van der Waals surface area contributed by atoms with Crippen molar-refractivity contribution in [1.82, 2.24) is 0 Å². The number of para-hydroxylation sites is 1. The zero-order valence-corrected chi connectivity index (χ0v) is 11.0. The van der Waals surface area contributed by atoms with Gasteiger partial charge in [0.1, 0.15) is 11.8 Å². The molecular weight excluding hydrogens is 260 g/mol. The predicted octanol–water partition coefficient (Wildman–Crippen LogP) is 3.85. The first-order chi connectivity index (χ1) is 9.29. The number of hydrogen-bond acceptors (Lipinski definition) is 3. The number of benzene rings is 2. The Bertz CT molecular complexity index is 593. The highest BCUT2D eigenvalue weighted by molar-refractivity contribution is 6.33. The van der Waals surface area contributed by atoms with Crippen molar-refractivity contribution in [2.75, 3.05) is 11.9 Å². The van der Waals surface area contributed by atoms with Gasteiger partial charge in [0.2, 0.25) is 0 Å². The van der Waals surface area contributed by atoms with E-state index in [0.717, 1.165) is 11.3 Å². The molecule has 2 aromatic rings. The topological polar surface area (TPSA) is 45.0 Å². The summed E-state index contributed by atoms with van der Waals surface area (Å²) >= 11 is 6.07. The molecule has 1 N–H and O–H groups in total. The maximum atomic E-state index is 8.48. The molecule has 0 aliphatic carbocycles. The zero-order valence-electron chi connectivity index (χ0n) is 10.3. The van der Waals surface area contributed by atoms with Crippen LogP contribution in [0.5, 0.6) is 5.75 Å². The van der Waals surface area contributed by atoms with E-state index in [9.17, 15) is 0 Å².